The van der Waals surface area contributed by atoms with E-state index in [2.05, 4.69) is 19.2 Å². The van der Waals surface area contributed by atoms with Gasteiger partial charge in [-0.1, -0.05) is 239 Å². The summed E-state index contributed by atoms with van der Waals surface area (Å²) < 4.78 is 11.3. The van der Waals surface area contributed by atoms with Crippen molar-refractivity contribution in [3.05, 3.63) is 0 Å². The van der Waals surface area contributed by atoms with Crippen LogP contribution < -0.4 is 5.32 Å². The minimum Gasteiger partial charge on any atom is -0.394 e. The van der Waals surface area contributed by atoms with Gasteiger partial charge in [0.2, 0.25) is 5.91 Å². The average molecular weight is 842 g/mol. The van der Waals surface area contributed by atoms with E-state index in [0.717, 1.165) is 38.5 Å². The van der Waals surface area contributed by atoms with Crippen molar-refractivity contribution in [2.45, 2.75) is 301 Å². The second-order valence-electron chi connectivity index (χ2n) is 18.3. The highest BCUT2D eigenvalue weighted by molar-refractivity contribution is 5.76. The van der Waals surface area contributed by atoms with Crippen molar-refractivity contribution in [1.82, 2.24) is 5.32 Å². The lowest BCUT2D eigenvalue weighted by Gasteiger charge is -2.40. The van der Waals surface area contributed by atoms with Gasteiger partial charge in [-0.15, -0.1) is 0 Å². The molecule has 9 nitrogen and oxygen atoms in total. The number of rotatable bonds is 44. The Morgan fingerprint density at radius 3 is 1.20 bits per heavy atom. The molecule has 1 aliphatic rings. The minimum atomic E-state index is -1.55. The van der Waals surface area contributed by atoms with Crippen LogP contribution >= 0.6 is 0 Å². The fourth-order valence-electron chi connectivity index (χ4n) is 8.58. The largest absolute Gasteiger partial charge is 0.394 e. The lowest BCUT2D eigenvalue weighted by atomic mass is 9.99. The number of aliphatic hydroxyl groups is 5. The highest BCUT2D eigenvalue weighted by Gasteiger charge is 2.44. The first kappa shape index (κ1) is 56.2. The van der Waals surface area contributed by atoms with E-state index in [0.29, 0.717) is 12.8 Å². The number of hydrogen-bond donors (Lipinski definition) is 6. The maximum Gasteiger partial charge on any atom is 0.220 e. The van der Waals surface area contributed by atoms with Gasteiger partial charge in [-0.25, -0.2) is 0 Å². The van der Waals surface area contributed by atoms with Gasteiger partial charge in [0.05, 0.1) is 25.4 Å². The van der Waals surface area contributed by atoms with Crippen LogP contribution in [0.4, 0.5) is 0 Å². The first-order valence-electron chi connectivity index (χ1n) is 25.7. The topological polar surface area (TPSA) is 149 Å². The van der Waals surface area contributed by atoms with Crippen molar-refractivity contribution in [2.24, 2.45) is 0 Å². The normalized spacial score (nSPS) is 20.6. The molecule has 0 aromatic heterocycles. The summed E-state index contributed by atoms with van der Waals surface area (Å²) in [6.07, 6.45) is 39.7. The van der Waals surface area contributed by atoms with Crippen LogP contribution in [0, 0.1) is 0 Å². The maximum atomic E-state index is 13.0. The third-order valence-corrected chi connectivity index (χ3v) is 12.7. The summed E-state index contributed by atoms with van der Waals surface area (Å²) in [5.74, 6) is -0.138. The van der Waals surface area contributed by atoms with Crippen molar-refractivity contribution >= 4 is 5.91 Å². The quantitative estimate of drug-likeness (QED) is 0.0332. The molecule has 352 valence electrons. The molecule has 7 atom stereocenters. The van der Waals surface area contributed by atoms with Crippen LogP contribution in [0.25, 0.3) is 0 Å². The maximum absolute atomic E-state index is 13.0. The van der Waals surface area contributed by atoms with Crippen molar-refractivity contribution < 1.29 is 39.8 Å². The number of aliphatic hydroxyl groups excluding tert-OH is 5. The molecule has 1 amide bonds. The summed E-state index contributed by atoms with van der Waals surface area (Å²) in [5.41, 5.74) is 0. The Morgan fingerprint density at radius 1 is 0.508 bits per heavy atom. The van der Waals surface area contributed by atoms with E-state index in [4.69, 9.17) is 9.47 Å². The molecule has 9 heteroatoms. The fraction of sp³-hybridized carbons (Fsp3) is 0.980. The van der Waals surface area contributed by atoms with Gasteiger partial charge >= 0.3 is 0 Å². The summed E-state index contributed by atoms with van der Waals surface area (Å²) in [5, 5.41) is 54.5. The van der Waals surface area contributed by atoms with Crippen molar-refractivity contribution in [3.8, 4) is 0 Å². The van der Waals surface area contributed by atoms with Gasteiger partial charge in [0.1, 0.15) is 24.4 Å². The van der Waals surface area contributed by atoms with Crippen molar-refractivity contribution in [3.63, 3.8) is 0 Å². The summed E-state index contributed by atoms with van der Waals surface area (Å²) >= 11 is 0. The van der Waals surface area contributed by atoms with Crippen molar-refractivity contribution in [2.75, 3.05) is 13.2 Å². The molecular formula is C50H99NO8. The molecule has 6 N–H and O–H groups in total. The average Bonchev–Trinajstić information content (AvgIpc) is 3.23. The Kier molecular flexibility index (Phi) is 39.3. The van der Waals surface area contributed by atoms with E-state index in [1.54, 1.807) is 0 Å². The van der Waals surface area contributed by atoms with Gasteiger partial charge in [0, 0.05) is 6.42 Å². The molecule has 0 spiro atoms. The van der Waals surface area contributed by atoms with Crippen LogP contribution in [-0.4, -0.2) is 87.5 Å². The smallest absolute Gasteiger partial charge is 0.220 e. The monoisotopic (exact) mass is 842 g/mol. The summed E-state index contributed by atoms with van der Waals surface area (Å²) in [4.78, 5) is 13.0. The molecule has 0 radical (unpaired) electrons. The highest BCUT2D eigenvalue weighted by atomic mass is 16.7. The number of carbonyl (C=O) groups excluding carboxylic acids is 1. The zero-order chi connectivity index (χ0) is 43.0. The molecule has 1 aliphatic heterocycles. The molecule has 0 aromatic carbocycles. The second kappa shape index (κ2) is 41.2. The summed E-state index contributed by atoms with van der Waals surface area (Å²) in [6.45, 7) is 3.87. The van der Waals surface area contributed by atoms with Gasteiger partial charge in [-0.3, -0.25) is 4.79 Å². The van der Waals surface area contributed by atoms with Crippen LogP contribution in [0.15, 0.2) is 0 Å². The van der Waals surface area contributed by atoms with E-state index in [1.165, 1.54) is 193 Å². The van der Waals surface area contributed by atoms with E-state index >= 15 is 0 Å². The molecule has 0 aliphatic carbocycles. The van der Waals surface area contributed by atoms with E-state index in [1.807, 2.05) is 0 Å². The van der Waals surface area contributed by atoms with Crippen LogP contribution in [0.1, 0.15) is 258 Å². The third kappa shape index (κ3) is 31.6. The Morgan fingerprint density at radius 2 is 0.847 bits per heavy atom. The number of hydrogen-bond acceptors (Lipinski definition) is 8. The first-order chi connectivity index (χ1) is 28.8. The number of ether oxygens (including phenoxy) is 2. The fourth-order valence-corrected chi connectivity index (χ4v) is 8.58. The van der Waals surface area contributed by atoms with Crippen LogP contribution in [-0.2, 0) is 14.3 Å². The molecule has 0 saturated carbocycles. The lowest BCUT2D eigenvalue weighted by molar-refractivity contribution is -0.302. The minimum absolute atomic E-state index is 0.131. The molecule has 0 aromatic rings. The van der Waals surface area contributed by atoms with Gasteiger partial charge in [-0.2, -0.15) is 0 Å². The highest BCUT2D eigenvalue weighted by Crippen LogP contribution is 2.23. The zero-order valence-corrected chi connectivity index (χ0v) is 38.8. The van der Waals surface area contributed by atoms with Crippen LogP contribution in [0.5, 0.6) is 0 Å². The molecule has 1 rings (SSSR count). The Labute approximate surface area is 364 Å². The van der Waals surface area contributed by atoms with Gasteiger partial charge < -0.3 is 40.3 Å². The van der Waals surface area contributed by atoms with Crippen LogP contribution in [0.2, 0.25) is 0 Å². The predicted octanol–water partition coefficient (Wildman–Crippen LogP) is 11.5. The predicted molar refractivity (Wildman–Crippen MR) is 244 cm³/mol. The molecule has 1 heterocycles. The van der Waals surface area contributed by atoms with E-state index < -0.39 is 49.5 Å². The summed E-state index contributed by atoms with van der Waals surface area (Å²) in [7, 11) is 0. The number of unbranched alkanes of at least 4 members (excludes halogenated alkanes) is 34. The number of amides is 1. The van der Waals surface area contributed by atoms with Gasteiger partial charge in [0.15, 0.2) is 6.29 Å². The third-order valence-electron chi connectivity index (χ3n) is 12.7. The van der Waals surface area contributed by atoms with Crippen LogP contribution in [0.3, 0.4) is 0 Å². The Balaban J connectivity index is 2.25. The Hall–Kier alpha value is -0.810. The number of nitrogens with one attached hydrogen (secondary N) is 1. The summed E-state index contributed by atoms with van der Waals surface area (Å²) in [6, 6.07) is -0.712. The van der Waals surface area contributed by atoms with Gasteiger partial charge in [-0.05, 0) is 12.8 Å². The standard InChI is InChI=1S/C50H99NO8/c1-3-5-7-9-11-13-15-17-19-21-22-23-24-26-28-30-32-34-36-38-40-46(54)51-43(42-58-50-49(57)48(56)47(55)45(41-52)59-50)44(53)39-37-35-33-31-29-27-25-20-18-16-14-12-10-8-6-4-2/h43-45,47-50,52-53,55-57H,3-42H2,1-2H3,(H,51,54)/t43-,44+,45+,47+,48?,49?,50+/m0/s1. The molecule has 0 bridgehead atoms. The second-order valence-corrected chi connectivity index (χ2v) is 18.3. The molecule has 1 saturated heterocycles. The molecule has 1 fully saturated rings. The van der Waals surface area contributed by atoms with Crippen molar-refractivity contribution in [1.29, 1.82) is 0 Å². The first-order valence-corrected chi connectivity index (χ1v) is 25.7. The zero-order valence-electron chi connectivity index (χ0n) is 38.8. The molecule has 59 heavy (non-hydrogen) atoms. The Bertz CT molecular complexity index is 893. The van der Waals surface area contributed by atoms with Gasteiger partial charge in [0.25, 0.3) is 0 Å². The molecular weight excluding hydrogens is 743 g/mol. The number of carbonyl (C=O) groups is 1. The van der Waals surface area contributed by atoms with E-state index in [9.17, 15) is 30.3 Å². The molecule has 2 unspecified atom stereocenters. The SMILES string of the molecule is CCCCCCCCCCCCCCCCCCCCCCC(=O)N[C@@H](CO[C@@H]1O[C@H](CO)[C@@H](O)C(O)C1O)[C@H](O)CCCCCCCCCCCCCCCCCC. The lowest BCUT2D eigenvalue weighted by Crippen LogP contribution is -2.60. The van der Waals surface area contributed by atoms with E-state index in [-0.39, 0.29) is 12.5 Å².